The normalized spacial score (nSPS) is 11.3. The van der Waals surface area contributed by atoms with Crippen LogP contribution >= 0.6 is 0 Å². The number of benzene rings is 2. The van der Waals surface area contributed by atoms with Crippen LogP contribution in [0.2, 0.25) is 0 Å². The maximum absolute atomic E-state index is 12.9. The largest absolute Gasteiger partial charge is 0.481 e. The Morgan fingerprint density at radius 2 is 1.87 bits per heavy atom. The number of aliphatic carboxylic acids is 1. The zero-order valence-corrected chi connectivity index (χ0v) is 12.1. The number of hydrogen-bond donors (Lipinski definition) is 2. The number of ether oxygens (including phenoxy) is 1. The molecule has 0 aliphatic rings. The van der Waals surface area contributed by atoms with E-state index in [0.29, 0.717) is 16.8 Å². The fraction of sp³-hybridized carbons (Fsp3) is 0.188. The first-order chi connectivity index (χ1) is 10.7. The summed E-state index contributed by atoms with van der Waals surface area (Å²) in [7, 11) is 0. The first-order valence-electron chi connectivity index (χ1n) is 6.61. The molecule has 23 heavy (non-hydrogen) atoms. The average Bonchev–Trinajstić information content (AvgIpc) is 2.44. The van der Waals surface area contributed by atoms with Gasteiger partial charge in [0.05, 0.1) is 5.56 Å². The van der Waals surface area contributed by atoms with Crippen molar-refractivity contribution in [3.05, 3.63) is 47.5 Å². The summed E-state index contributed by atoms with van der Waals surface area (Å²) in [6.07, 6.45) is -4.51. The van der Waals surface area contributed by atoms with E-state index in [4.69, 9.17) is 15.6 Å². The summed E-state index contributed by atoms with van der Waals surface area (Å²) < 4.78 is 43.9. The third-order valence-corrected chi connectivity index (χ3v) is 3.20. The van der Waals surface area contributed by atoms with Crippen LogP contribution in [0.4, 0.5) is 18.9 Å². The first kappa shape index (κ1) is 16.7. The van der Waals surface area contributed by atoms with Crippen LogP contribution in [-0.2, 0) is 11.0 Å². The smallest absolute Gasteiger partial charge is 0.416 e. The maximum Gasteiger partial charge on any atom is 0.416 e. The van der Waals surface area contributed by atoms with E-state index < -0.39 is 24.3 Å². The van der Waals surface area contributed by atoms with Crippen LogP contribution in [0.25, 0.3) is 11.1 Å². The first-order valence-corrected chi connectivity index (χ1v) is 6.61. The van der Waals surface area contributed by atoms with Gasteiger partial charge >= 0.3 is 12.1 Å². The van der Waals surface area contributed by atoms with Gasteiger partial charge in [0.25, 0.3) is 0 Å². The fourth-order valence-corrected chi connectivity index (χ4v) is 2.17. The molecule has 2 rings (SSSR count). The van der Waals surface area contributed by atoms with Crippen LogP contribution in [0.3, 0.4) is 0 Å². The molecule has 0 radical (unpaired) electrons. The van der Waals surface area contributed by atoms with Crippen molar-refractivity contribution in [1.82, 2.24) is 0 Å². The molecule has 0 heterocycles. The van der Waals surface area contributed by atoms with Crippen LogP contribution in [0.1, 0.15) is 11.1 Å². The second-order valence-electron chi connectivity index (χ2n) is 4.97. The number of alkyl halides is 3. The van der Waals surface area contributed by atoms with Crippen molar-refractivity contribution in [2.45, 2.75) is 13.1 Å². The molecular weight excluding hydrogens is 311 g/mol. The molecule has 3 N–H and O–H groups in total. The predicted octanol–water partition coefficient (Wildman–Crippen LogP) is 3.73. The number of nitrogens with two attached hydrogens (primary N) is 1. The molecule has 0 atom stereocenters. The van der Waals surface area contributed by atoms with Crippen LogP contribution < -0.4 is 10.5 Å². The number of nitrogen functional groups attached to an aromatic ring is 1. The molecule has 4 nitrogen and oxygen atoms in total. The highest BCUT2D eigenvalue weighted by atomic mass is 19.4. The van der Waals surface area contributed by atoms with Gasteiger partial charge in [-0.1, -0.05) is 6.07 Å². The molecule has 0 saturated heterocycles. The van der Waals surface area contributed by atoms with E-state index in [2.05, 4.69) is 0 Å². The number of carboxylic acid groups (broad SMARTS) is 1. The van der Waals surface area contributed by atoms with Crippen LogP contribution in [0, 0.1) is 6.92 Å². The molecule has 0 amide bonds. The molecule has 0 aliphatic carbocycles. The Kier molecular flexibility index (Phi) is 4.49. The van der Waals surface area contributed by atoms with Gasteiger partial charge in [-0.3, -0.25) is 0 Å². The third-order valence-electron chi connectivity index (χ3n) is 3.20. The highest BCUT2D eigenvalue weighted by molar-refractivity contribution is 5.76. The number of carboxylic acids is 1. The highest BCUT2D eigenvalue weighted by Crippen LogP contribution is 2.38. The molecule has 0 unspecified atom stereocenters. The topological polar surface area (TPSA) is 72.5 Å². The van der Waals surface area contributed by atoms with E-state index in [0.717, 1.165) is 18.2 Å². The van der Waals surface area contributed by atoms with Crippen LogP contribution in [0.5, 0.6) is 5.75 Å². The summed E-state index contributed by atoms with van der Waals surface area (Å²) >= 11 is 0. The quantitative estimate of drug-likeness (QED) is 0.840. The summed E-state index contributed by atoms with van der Waals surface area (Å²) in [6.45, 7) is 1.05. The molecular formula is C16H14F3NO3. The van der Waals surface area contributed by atoms with Gasteiger partial charge in [0.1, 0.15) is 5.75 Å². The maximum atomic E-state index is 12.9. The number of halogens is 3. The van der Waals surface area contributed by atoms with Crippen molar-refractivity contribution >= 4 is 11.7 Å². The van der Waals surface area contributed by atoms with Gasteiger partial charge in [-0.05, 0) is 48.4 Å². The van der Waals surface area contributed by atoms with Gasteiger partial charge in [-0.2, -0.15) is 13.2 Å². The van der Waals surface area contributed by atoms with Crippen LogP contribution in [0.15, 0.2) is 36.4 Å². The molecule has 0 spiro atoms. The second-order valence-corrected chi connectivity index (χ2v) is 4.97. The summed E-state index contributed by atoms with van der Waals surface area (Å²) in [5.74, 6) is -1.15. The summed E-state index contributed by atoms with van der Waals surface area (Å²) in [5.41, 5.74) is 6.60. The number of hydrogen-bond acceptors (Lipinski definition) is 3. The summed E-state index contributed by atoms with van der Waals surface area (Å²) in [5, 5.41) is 8.69. The molecule has 0 aromatic heterocycles. The standard InChI is InChI=1S/C16H14F3NO3/c1-9-6-11(20)3-4-12(9)13-7-10(16(17,18)19)2-5-14(13)23-8-15(21)22/h2-7H,8,20H2,1H3,(H,21,22). The second kappa shape index (κ2) is 6.20. The number of anilines is 1. The van der Waals surface area contributed by atoms with Crippen molar-refractivity contribution in [3.8, 4) is 16.9 Å². The molecule has 7 heteroatoms. The van der Waals surface area contributed by atoms with E-state index in [1.807, 2.05) is 0 Å². The molecule has 0 aliphatic heterocycles. The molecule has 2 aromatic carbocycles. The molecule has 0 fully saturated rings. The summed E-state index contributed by atoms with van der Waals surface area (Å²) in [6, 6.07) is 7.67. The average molecular weight is 325 g/mol. The molecule has 122 valence electrons. The lowest BCUT2D eigenvalue weighted by Gasteiger charge is -2.15. The van der Waals surface area contributed by atoms with Crippen molar-refractivity contribution in [3.63, 3.8) is 0 Å². The van der Waals surface area contributed by atoms with E-state index in [9.17, 15) is 18.0 Å². The van der Waals surface area contributed by atoms with Crippen molar-refractivity contribution < 1.29 is 27.8 Å². The minimum atomic E-state index is -4.51. The minimum Gasteiger partial charge on any atom is -0.481 e. The highest BCUT2D eigenvalue weighted by Gasteiger charge is 2.31. The Bertz CT molecular complexity index is 742. The zero-order valence-electron chi connectivity index (χ0n) is 12.1. The van der Waals surface area contributed by atoms with Crippen molar-refractivity contribution in [2.75, 3.05) is 12.3 Å². The minimum absolute atomic E-state index is 0.0632. The Hall–Kier alpha value is -2.70. The predicted molar refractivity (Wildman–Crippen MR) is 79.2 cm³/mol. The van der Waals surface area contributed by atoms with Gasteiger partial charge in [-0.15, -0.1) is 0 Å². The summed E-state index contributed by atoms with van der Waals surface area (Å²) in [4.78, 5) is 10.6. The van der Waals surface area contributed by atoms with Gasteiger partial charge in [0, 0.05) is 11.3 Å². The lowest BCUT2D eigenvalue weighted by molar-refractivity contribution is -0.140. The fourth-order valence-electron chi connectivity index (χ4n) is 2.17. The van der Waals surface area contributed by atoms with E-state index in [1.54, 1.807) is 25.1 Å². The van der Waals surface area contributed by atoms with Gasteiger partial charge in [-0.25, -0.2) is 4.79 Å². The molecule has 2 aromatic rings. The monoisotopic (exact) mass is 325 g/mol. The Morgan fingerprint density at radius 3 is 2.43 bits per heavy atom. The number of carbonyl (C=O) groups is 1. The molecule has 0 bridgehead atoms. The van der Waals surface area contributed by atoms with E-state index in [-0.39, 0.29) is 11.3 Å². The molecule has 0 saturated carbocycles. The lowest BCUT2D eigenvalue weighted by atomic mass is 9.97. The van der Waals surface area contributed by atoms with Crippen molar-refractivity contribution in [2.24, 2.45) is 0 Å². The lowest BCUT2D eigenvalue weighted by Crippen LogP contribution is -2.11. The Balaban J connectivity index is 2.57. The Morgan fingerprint density at radius 1 is 1.17 bits per heavy atom. The van der Waals surface area contributed by atoms with E-state index >= 15 is 0 Å². The van der Waals surface area contributed by atoms with Gasteiger partial charge < -0.3 is 15.6 Å². The SMILES string of the molecule is Cc1cc(N)ccc1-c1cc(C(F)(F)F)ccc1OCC(=O)O. The zero-order chi connectivity index (χ0) is 17.2. The van der Waals surface area contributed by atoms with Crippen LogP contribution in [-0.4, -0.2) is 17.7 Å². The Labute approximate surface area is 130 Å². The van der Waals surface area contributed by atoms with Gasteiger partial charge in [0.2, 0.25) is 0 Å². The van der Waals surface area contributed by atoms with Crippen molar-refractivity contribution in [1.29, 1.82) is 0 Å². The number of rotatable bonds is 4. The van der Waals surface area contributed by atoms with E-state index in [1.165, 1.54) is 0 Å². The third kappa shape index (κ3) is 3.94. The van der Waals surface area contributed by atoms with Gasteiger partial charge in [0.15, 0.2) is 6.61 Å². The number of aryl methyl sites for hydroxylation is 1.